The molecule has 0 atom stereocenters. The molecule has 0 aromatic heterocycles. The van der Waals surface area contributed by atoms with E-state index in [0.717, 1.165) is 12.8 Å². The average Bonchev–Trinajstić information content (AvgIpc) is 2.06. The SMILES string of the molecule is O=C1CCCCC(=O)NCCN1. The van der Waals surface area contributed by atoms with E-state index in [-0.39, 0.29) is 11.8 Å². The first kappa shape index (κ1) is 9.03. The van der Waals surface area contributed by atoms with Crippen LogP contribution in [0, 0.1) is 0 Å². The zero-order valence-corrected chi connectivity index (χ0v) is 7.06. The molecule has 0 aliphatic carbocycles. The Morgan fingerprint density at radius 3 is 1.67 bits per heavy atom. The molecule has 1 heterocycles. The van der Waals surface area contributed by atoms with Crippen LogP contribution in [0.3, 0.4) is 0 Å². The second kappa shape index (κ2) is 4.74. The quantitative estimate of drug-likeness (QED) is 0.528. The van der Waals surface area contributed by atoms with Crippen LogP contribution in [0.1, 0.15) is 25.7 Å². The predicted molar refractivity (Wildman–Crippen MR) is 44.5 cm³/mol. The first-order chi connectivity index (χ1) is 5.79. The molecule has 1 aliphatic heterocycles. The second-order valence-electron chi connectivity index (χ2n) is 2.91. The maximum Gasteiger partial charge on any atom is 0.220 e. The molecule has 2 amide bonds. The van der Waals surface area contributed by atoms with Crippen LogP contribution in [0.4, 0.5) is 0 Å². The van der Waals surface area contributed by atoms with Gasteiger partial charge in [0.25, 0.3) is 0 Å². The van der Waals surface area contributed by atoms with Crippen molar-refractivity contribution in [2.45, 2.75) is 25.7 Å². The van der Waals surface area contributed by atoms with Gasteiger partial charge in [0.05, 0.1) is 0 Å². The molecule has 0 radical (unpaired) electrons. The molecule has 68 valence electrons. The van der Waals surface area contributed by atoms with Crippen molar-refractivity contribution in [2.75, 3.05) is 13.1 Å². The lowest BCUT2D eigenvalue weighted by atomic mass is 10.1. The van der Waals surface area contributed by atoms with Crippen LogP contribution in [-0.2, 0) is 9.59 Å². The molecule has 0 unspecified atom stereocenters. The van der Waals surface area contributed by atoms with E-state index in [1.807, 2.05) is 0 Å². The van der Waals surface area contributed by atoms with Crippen LogP contribution in [0.15, 0.2) is 0 Å². The van der Waals surface area contributed by atoms with Crippen LogP contribution in [0.25, 0.3) is 0 Å². The molecule has 12 heavy (non-hydrogen) atoms. The molecule has 4 nitrogen and oxygen atoms in total. The minimum absolute atomic E-state index is 0.0890. The molecule has 1 saturated heterocycles. The Kier molecular flexibility index (Phi) is 3.57. The molecular formula is C8H14N2O2. The highest BCUT2D eigenvalue weighted by molar-refractivity contribution is 5.77. The van der Waals surface area contributed by atoms with E-state index in [1.165, 1.54) is 0 Å². The van der Waals surface area contributed by atoms with E-state index >= 15 is 0 Å². The zero-order chi connectivity index (χ0) is 8.81. The molecule has 0 bridgehead atoms. The van der Waals surface area contributed by atoms with Crippen molar-refractivity contribution in [3.8, 4) is 0 Å². The zero-order valence-electron chi connectivity index (χ0n) is 7.06. The van der Waals surface area contributed by atoms with Gasteiger partial charge in [0.15, 0.2) is 0 Å². The van der Waals surface area contributed by atoms with Crippen LogP contribution in [0.2, 0.25) is 0 Å². The summed E-state index contributed by atoms with van der Waals surface area (Å²) >= 11 is 0. The molecule has 1 rings (SSSR count). The highest BCUT2D eigenvalue weighted by Gasteiger charge is 2.06. The largest absolute Gasteiger partial charge is 0.354 e. The van der Waals surface area contributed by atoms with E-state index in [1.54, 1.807) is 0 Å². The molecule has 1 aliphatic rings. The summed E-state index contributed by atoms with van der Waals surface area (Å²) < 4.78 is 0. The number of carbonyl (C=O) groups excluding carboxylic acids is 2. The highest BCUT2D eigenvalue weighted by Crippen LogP contribution is 2.00. The average molecular weight is 170 g/mol. The number of hydrogen-bond acceptors (Lipinski definition) is 2. The van der Waals surface area contributed by atoms with Crippen molar-refractivity contribution in [1.82, 2.24) is 10.6 Å². The molecule has 0 saturated carbocycles. The summed E-state index contributed by atoms with van der Waals surface area (Å²) in [4.78, 5) is 21.9. The Bertz CT molecular complexity index is 144. The molecule has 2 N–H and O–H groups in total. The predicted octanol–water partition coefficient (Wildman–Crippen LogP) is -0.207. The van der Waals surface area contributed by atoms with Crippen molar-refractivity contribution < 1.29 is 9.59 Å². The Morgan fingerprint density at radius 1 is 0.833 bits per heavy atom. The fourth-order valence-corrected chi connectivity index (χ4v) is 1.15. The Balaban J connectivity index is 2.29. The number of nitrogens with one attached hydrogen (secondary N) is 2. The van der Waals surface area contributed by atoms with Gasteiger partial charge in [-0.2, -0.15) is 0 Å². The van der Waals surface area contributed by atoms with Gasteiger partial charge >= 0.3 is 0 Å². The second-order valence-corrected chi connectivity index (χ2v) is 2.91. The highest BCUT2D eigenvalue weighted by atomic mass is 16.2. The first-order valence-electron chi connectivity index (χ1n) is 4.32. The van der Waals surface area contributed by atoms with Gasteiger partial charge in [-0.1, -0.05) is 0 Å². The number of rotatable bonds is 0. The van der Waals surface area contributed by atoms with E-state index in [0.29, 0.717) is 25.9 Å². The fraction of sp³-hybridized carbons (Fsp3) is 0.750. The van der Waals surface area contributed by atoms with Crippen molar-refractivity contribution in [3.05, 3.63) is 0 Å². The summed E-state index contributed by atoms with van der Waals surface area (Å²) in [7, 11) is 0. The Hall–Kier alpha value is -1.06. The topological polar surface area (TPSA) is 58.2 Å². The Morgan fingerprint density at radius 2 is 1.25 bits per heavy atom. The van der Waals surface area contributed by atoms with Crippen molar-refractivity contribution >= 4 is 11.8 Å². The number of amides is 2. The lowest BCUT2D eigenvalue weighted by Crippen LogP contribution is -2.35. The van der Waals surface area contributed by atoms with Gasteiger partial charge in [-0.3, -0.25) is 9.59 Å². The lowest BCUT2D eigenvalue weighted by molar-refractivity contribution is -0.124. The summed E-state index contributed by atoms with van der Waals surface area (Å²) in [6, 6.07) is 0. The lowest BCUT2D eigenvalue weighted by Gasteiger charge is -2.09. The maximum absolute atomic E-state index is 11.0. The number of hydrogen-bond donors (Lipinski definition) is 2. The van der Waals surface area contributed by atoms with Gasteiger partial charge in [0.2, 0.25) is 11.8 Å². The summed E-state index contributed by atoms with van der Waals surface area (Å²) in [5.74, 6) is 0.178. The van der Waals surface area contributed by atoms with E-state index in [2.05, 4.69) is 10.6 Å². The van der Waals surface area contributed by atoms with Gasteiger partial charge in [0, 0.05) is 25.9 Å². The first-order valence-corrected chi connectivity index (χ1v) is 4.32. The van der Waals surface area contributed by atoms with Crippen molar-refractivity contribution in [2.24, 2.45) is 0 Å². The molecular weight excluding hydrogens is 156 g/mol. The molecule has 4 heteroatoms. The minimum atomic E-state index is 0.0890. The van der Waals surface area contributed by atoms with Crippen LogP contribution in [0.5, 0.6) is 0 Å². The van der Waals surface area contributed by atoms with Crippen LogP contribution < -0.4 is 10.6 Å². The molecule has 0 spiro atoms. The van der Waals surface area contributed by atoms with E-state index in [4.69, 9.17) is 0 Å². The van der Waals surface area contributed by atoms with Gasteiger partial charge < -0.3 is 10.6 Å². The van der Waals surface area contributed by atoms with Crippen LogP contribution in [-0.4, -0.2) is 24.9 Å². The normalized spacial score (nSPS) is 21.0. The third-order valence-electron chi connectivity index (χ3n) is 1.83. The number of carbonyl (C=O) groups is 2. The van der Waals surface area contributed by atoms with Gasteiger partial charge in [-0.15, -0.1) is 0 Å². The summed E-state index contributed by atoms with van der Waals surface area (Å²) in [5.41, 5.74) is 0. The smallest absolute Gasteiger partial charge is 0.220 e. The van der Waals surface area contributed by atoms with Gasteiger partial charge in [0.1, 0.15) is 0 Å². The monoisotopic (exact) mass is 170 g/mol. The third-order valence-corrected chi connectivity index (χ3v) is 1.83. The summed E-state index contributed by atoms with van der Waals surface area (Å²) in [6.45, 7) is 1.09. The minimum Gasteiger partial charge on any atom is -0.354 e. The maximum atomic E-state index is 11.0. The summed E-state index contributed by atoms with van der Waals surface area (Å²) in [5, 5.41) is 5.44. The molecule has 0 aromatic rings. The van der Waals surface area contributed by atoms with Crippen molar-refractivity contribution in [1.29, 1.82) is 0 Å². The molecule has 0 aromatic carbocycles. The fourth-order valence-electron chi connectivity index (χ4n) is 1.15. The summed E-state index contributed by atoms with van der Waals surface area (Å²) in [6.07, 6.45) is 2.71. The van der Waals surface area contributed by atoms with Gasteiger partial charge in [-0.05, 0) is 12.8 Å². The van der Waals surface area contributed by atoms with E-state index < -0.39 is 0 Å². The van der Waals surface area contributed by atoms with Crippen molar-refractivity contribution in [3.63, 3.8) is 0 Å². The molecule has 1 fully saturated rings. The Labute approximate surface area is 71.7 Å². The van der Waals surface area contributed by atoms with Gasteiger partial charge in [-0.25, -0.2) is 0 Å². The standard InChI is InChI=1S/C8H14N2O2/c11-7-3-1-2-4-8(12)10-6-5-9-7/h1-6H2,(H,9,11)(H,10,12). The van der Waals surface area contributed by atoms with E-state index in [9.17, 15) is 9.59 Å². The van der Waals surface area contributed by atoms with Crippen LogP contribution >= 0.6 is 0 Å². The third kappa shape index (κ3) is 3.37.